The molecule has 2 amide bonds. The highest BCUT2D eigenvalue weighted by atomic mass is 32.2. The molecule has 0 aromatic heterocycles. The minimum atomic E-state index is -3.03. The van der Waals surface area contributed by atoms with Crippen LogP contribution in [0.2, 0.25) is 0 Å². The van der Waals surface area contributed by atoms with Gasteiger partial charge in [0.05, 0.1) is 11.5 Å². The van der Waals surface area contributed by atoms with Crippen molar-refractivity contribution in [3.05, 3.63) is 34.9 Å². The second-order valence-corrected chi connectivity index (χ2v) is 9.02. The van der Waals surface area contributed by atoms with E-state index in [0.29, 0.717) is 12.0 Å². The van der Waals surface area contributed by atoms with Crippen LogP contribution in [-0.4, -0.2) is 37.5 Å². The molecule has 0 saturated carbocycles. The summed E-state index contributed by atoms with van der Waals surface area (Å²) in [7, 11) is -3.03. The minimum absolute atomic E-state index is 0.0127. The molecule has 7 nitrogen and oxygen atoms in total. The Balaban J connectivity index is 1.70. The van der Waals surface area contributed by atoms with Crippen LogP contribution in [0, 0.1) is 19.8 Å². The van der Waals surface area contributed by atoms with E-state index in [2.05, 4.69) is 10.9 Å². The molecule has 0 aliphatic carbocycles. The summed E-state index contributed by atoms with van der Waals surface area (Å²) in [5, 5.41) is 0. The van der Waals surface area contributed by atoms with Gasteiger partial charge < -0.3 is 0 Å². The van der Waals surface area contributed by atoms with Crippen molar-refractivity contribution >= 4 is 27.4 Å². The summed E-state index contributed by atoms with van der Waals surface area (Å²) < 4.78 is 22.7. The average molecular weight is 380 g/mol. The lowest BCUT2D eigenvalue weighted by Gasteiger charge is -2.10. The molecule has 2 N–H and O–H groups in total. The normalized spacial score (nSPS) is 18.3. The summed E-state index contributed by atoms with van der Waals surface area (Å²) in [5.41, 5.74) is 7.21. The molecule has 0 bridgehead atoms. The largest absolute Gasteiger partial charge is 0.294 e. The molecule has 2 rings (SSSR count). The molecule has 1 aromatic carbocycles. The van der Waals surface area contributed by atoms with Crippen molar-refractivity contribution in [2.75, 3.05) is 11.5 Å². The van der Waals surface area contributed by atoms with Crippen LogP contribution < -0.4 is 10.9 Å². The number of aryl methyl sites for hydroxylation is 2. The number of ketones is 1. The Morgan fingerprint density at radius 2 is 1.73 bits per heavy atom. The van der Waals surface area contributed by atoms with E-state index >= 15 is 0 Å². The van der Waals surface area contributed by atoms with Gasteiger partial charge in [0.2, 0.25) is 11.8 Å². The van der Waals surface area contributed by atoms with Crippen LogP contribution in [0.5, 0.6) is 0 Å². The predicted octanol–water partition coefficient (Wildman–Crippen LogP) is 1.24. The lowest BCUT2D eigenvalue weighted by atomic mass is 10.0. The van der Waals surface area contributed by atoms with E-state index in [-0.39, 0.29) is 42.5 Å². The van der Waals surface area contributed by atoms with Crippen molar-refractivity contribution < 1.29 is 22.8 Å². The topological polar surface area (TPSA) is 109 Å². The van der Waals surface area contributed by atoms with Gasteiger partial charge in [-0.1, -0.05) is 12.1 Å². The molecule has 1 aliphatic rings. The highest BCUT2D eigenvalue weighted by molar-refractivity contribution is 7.91. The first-order valence-corrected chi connectivity index (χ1v) is 10.4. The Kier molecular flexibility index (Phi) is 6.52. The molecule has 1 heterocycles. The fourth-order valence-electron chi connectivity index (χ4n) is 2.83. The van der Waals surface area contributed by atoms with Gasteiger partial charge in [0.1, 0.15) is 0 Å². The molecule has 1 saturated heterocycles. The SMILES string of the molecule is Cc1ccc(C(=O)CCC(=O)NNC(=O)C[C@@H]2CCS(=O)(=O)C2)cc1C. The third-order valence-electron chi connectivity index (χ3n) is 4.55. The van der Waals surface area contributed by atoms with Gasteiger partial charge in [0.15, 0.2) is 15.6 Å². The van der Waals surface area contributed by atoms with Crippen molar-refractivity contribution in [3.8, 4) is 0 Å². The van der Waals surface area contributed by atoms with Crippen molar-refractivity contribution in [3.63, 3.8) is 0 Å². The van der Waals surface area contributed by atoms with Crippen LogP contribution in [0.15, 0.2) is 18.2 Å². The molecule has 0 radical (unpaired) electrons. The molecule has 0 unspecified atom stereocenters. The van der Waals surface area contributed by atoms with Gasteiger partial charge >= 0.3 is 0 Å². The van der Waals surface area contributed by atoms with Crippen LogP contribution in [0.4, 0.5) is 0 Å². The number of hydrogen-bond donors (Lipinski definition) is 2. The number of Topliss-reactive ketones (excluding diaryl/α,β-unsaturated/α-hetero) is 1. The summed E-state index contributed by atoms with van der Waals surface area (Å²) in [6, 6.07) is 5.40. The first-order valence-electron chi connectivity index (χ1n) is 8.55. The van der Waals surface area contributed by atoms with Crippen molar-refractivity contribution in [2.24, 2.45) is 5.92 Å². The van der Waals surface area contributed by atoms with E-state index in [1.807, 2.05) is 19.9 Å². The molecule has 1 atom stereocenters. The third kappa shape index (κ3) is 5.94. The van der Waals surface area contributed by atoms with Crippen LogP contribution in [-0.2, 0) is 19.4 Å². The first kappa shape index (κ1) is 20.1. The van der Waals surface area contributed by atoms with Crippen LogP contribution in [0.25, 0.3) is 0 Å². The number of rotatable bonds is 6. The number of carbonyl (C=O) groups excluding carboxylic acids is 3. The Bertz CT molecular complexity index is 817. The fourth-order valence-corrected chi connectivity index (χ4v) is 4.70. The Labute approximate surface area is 153 Å². The molecule has 26 heavy (non-hydrogen) atoms. The van der Waals surface area contributed by atoms with Gasteiger partial charge in [0, 0.05) is 24.8 Å². The van der Waals surface area contributed by atoms with Gasteiger partial charge in [-0.3, -0.25) is 25.2 Å². The maximum Gasteiger partial charge on any atom is 0.238 e. The first-order chi connectivity index (χ1) is 12.2. The van der Waals surface area contributed by atoms with E-state index in [0.717, 1.165) is 11.1 Å². The smallest absolute Gasteiger partial charge is 0.238 e. The predicted molar refractivity (Wildman–Crippen MR) is 97.1 cm³/mol. The number of carbonyl (C=O) groups is 3. The monoisotopic (exact) mass is 380 g/mol. The molecule has 1 aliphatic heterocycles. The zero-order valence-corrected chi connectivity index (χ0v) is 15.8. The molecular weight excluding hydrogens is 356 g/mol. The fraction of sp³-hybridized carbons (Fsp3) is 0.500. The van der Waals surface area contributed by atoms with Crippen molar-refractivity contribution in [1.29, 1.82) is 0 Å². The second-order valence-electron chi connectivity index (χ2n) is 6.79. The van der Waals surface area contributed by atoms with Crippen LogP contribution in [0.3, 0.4) is 0 Å². The lowest BCUT2D eigenvalue weighted by Crippen LogP contribution is -2.42. The molecule has 0 spiro atoms. The third-order valence-corrected chi connectivity index (χ3v) is 6.39. The van der Waals surface area contributed by atoms with Crippen molar-refractivity contribution in [2.45, 2.75) is 39.5 Å². The van der Waals surface area contributed by atoms with Gasteiger partial charge in [0.25, 0.3) is 0 Å². The van der Waals surface area contributed by atoms with Gasteiger partial charge in [-0.15, -0.1) is 0 Å². The molecule has 142 valence electrons. The Morgan fingerprint density at radius 3 is 2.35 bits per heavy atom. The molecule has 1 aromatic rings. The van der Waals surface area contributed by atoms with E-state index in [4.69, 9.17) is 0 Å². The van der Waals surface area contributed by atoms with E-state index in [9.17, 15) is 22.8 Å². The van der Waals surface area contributed by atoms with Crippen LogP contribution >= 0.6 is 0 Å². The summed E-state index contributed by atoms with van der Waals surface area (Å²) in [5.74, 6) is -1.11. The number of hydrazine groups is 1. The Hall–Kier alpha value is -2.22. The van der Waals surface area contributed by atoms with Crippen LogP contribution in [0.1, 0.15) is 47.2 Å². The second kappa shape index (κ2) is 8.44. The number of hydrogen-bond acceptors (Lipinski definition) is 5. The summed E-state index contributed by atoms with van der Waals surface area (Å²) >= 11 is 0. The minimum Gasteiger partial charge on any atom is -0.294 e. The maximum absolute atomic E-state index is 12.1. The zero-order chi connectivity index (χ0) is 19.3. The highest BCUT2D eigenvalue weighted by Gasteiger charge is 2.29. The number of benzene rings is 1. The van der Waals surface area contributed by atoms with E-state index in [1.165, 1.54) is 0 Å². The number of amides is 2. The van der Waals surface area contributed by atoms with E-state index < -0.39 is 21.7 Å². The molecule has 1 fully saturated rings. The Morgan fingerprint density at radius 1 is 1.04 bits per heavy atom. The maximum atomic E-state index is 12.1. The van der Waals surface area contributed by atoms with Gasteiger partial charge in [-0.05, 0) is 43.4 Å². The molecular formula is C18H24N2O5S. The number of sulfone groups is 1. The summed E-state index contributed by atoms with van der Waals surface area (Å²) in [6.45, 7) is 3.88. The molecule has 8 heteroatoms. The zero-order valence-electron chi connectivity index (χ0n) is 15.0. The summed E-state index contributed by atoms with van der Waals surface area (Å²) in [6.07, 6.45) is 0.532. The standard InChI is InChI=1S/C18H24N2O5S/c1-12-3-4-15(9-13(12)2)16(21)5-6-17(22)19-20-18(23)10-14-7-8-26(24,25)11-14/h3-4,9,14H,5-8,10-11H2,1-2H3,(H,19,22)(H,20,23)/t14-/m0/s1. The van der Waals surface area contributed by atoms with Gasteiger partial charge in [-0.25, -0.2) is 8.42 Å². The highest BCUT2D eigenvalue weighted by Crippen LogP contribution is 2.21. The average Bonchev–Trinajstić information content (AvgIpc) is 2.91. The van der Waals surface area contributed by atoms with Gasteiger partial charge in [-0.2, -0.15) is 0 Å². The van der Waals surface area contributed by atoms with Crippen molar-refractivity contribution in [1.82, 2.24) is 10.9 Å². The lowest BCUT2D eigenvalue weighted by molar-refractivity contribution is -0.129. The summed E-state index contributed by atoms with van der Waals surface area (Å²) in [4.78, 5) is 35.6. The van der Waals surface area contributed by atoms with E-state index in [1.54, 1.807) is 12.1 Å². The quantitative estimate of drug-likeness (QED) is 0.570. The number of nitrogens with one attached hydrogen (secondary N) is 2.